The maximum atomic E-state index is 13.0. The third-order valence-electron chi connectivity index (χ3n) is 5.02. The van der Waals surface area contributed by atoms with Crippen molar-refractivity contribution in [1.29, 1.82) is 0 Å². The number of carbonyl (C=O) groups excluding carboxylic acids is 1. The van der Waals surface area contributed by atoms with Crippen molar-refractivity contribution in [3.05, 3.63) is 64.5 Å². The summed E-state index contributed by atoms with van der Waals surface area (Å²) in [5.41, 5.74) is 3.03. The molecule has 10 heteroatoms. The van der Waals surface area contributed by atoms with E-state index in [4.69, 9.17) is 14.0 Å². The Balaban J connectivity index is 1.53. The summed E-state index contributed by atoms with van der Waals surface area (Å²) < 4.78 is 44.5. The largest absolute Gasteiger partial charge is 0.454 e. The smallest absolute Gasteiger partial charge is 0.241 e. The van der Waals surface area contributed by atoms with Crippen LogP contribution in [0.15, 0.2) is 45.8 Å². The van der Waals surface area contributed by atoms with Gasteiger partial charge in [0.25, 0.3) is 0 Å². The average molecular weight is 470 g/mol. The van der Waals surface area contributed by atoms with Gasteiger partial charge in [-0.05, 0) is 54.8 Å². The normalized spacial score (nSPS) is 12.9. The molecular formula is C23H23N3O6S. The van der Waals surface area contributed by atoms with Crippen LogP contribution in [-0.4, -0.2) is 26.3 Å². The molecule has 0 saturated heterocycles. The molecule has 2 N–H and O–H groups in total. The number of aromatic nitrogens is 1. The lowest BCUT2D eigenvalue weighted by Gasteiger charge is -2.11. The molecular weight excluding hydrogens is 446 g/mol. The van der Waals surface area contributed by atoms with Crippen LogP contribution in [-0.2, 0) is 21.4 Å². The summed E-state index contributed by atoms with van der Waals surface area (Å²) in [6.07, 6.45) is 3.33. The fraction of sp³-hybridized carbons (Fsp3) is 0.217. The second kappa shape index (κ2) is 9.08. The van der Waals surface area contributed by atoms with Crippen LogP contribution in [0.5, 0.6) is 11.5 Å². The highest BCUT2D eigenvalue weighted by atomic mass is 32.2. The summed E-state index contributed by atoms with van der Waals surface area (Å²) in [7, 11) is -3.78. The molecule has 0 fully saturated rings. The zero-order valence-corrected chi connectivity index (χ0v) is 19.2. The SMILES string of the molecule is CC(=O)Nc1c(C)noc1/C=C\c1ccc(C)c(S(=O)(=O)NCc2ccc3c(c2)OCO3)c1. The van der Waals surface area contributed by atoms with Gasteiger partial charge in [-0.2, -0.15) is 0 Å². The van der Waals surface area contributed by atoms with E-state index in [2.05, 4.69) is 15.2 Å². The van der Waals surface area contributed by atoms with Crippen LogP contribution in [0.4, 0.5) is 5.69 Å². The minimum Gasteiger partial charge on any atom is -0.454 e. The van der Waals surface area contributed by atoms with Crippen LogP contribution in [0.1, 0.15) is 35.1 Å². The molecule has 1 amide bonds. The lowest BCUT2D eigenvalue weighted by atomic mass is 10.1. The van der Waals surface area contributed by atoms with Gasteiger partial charge in [-0.3, -0.25) is 4.79 Å². The molecule has 1 aliphatic heterocycles. The minimum atomic E-state index is -3.78. The second-order valence-electron chi connectivity index (χ2n) is 7.56. The van der Waals surface area contributed by atoms with E-state index < -0.39 is 10.0 Å². The third-order valence-corrected chi connectivity index (χ3v) is 6.57. The first kappa shape index (κ1) is 22.6. The Kier molecular flexibility index (Phi) is 6.21. The minimum absolute atomic E-state index is 0.107. The number of aryl methyl sites for hydroxylation is 2. The van der Waals surface area contributed by atoms with E-state index in [1.807, 2.05) is 0 Å². The molecule has 0 saturated carbocycles. The van der Waals surface area contributed by atoms with Crippen molar-refractivity contribution in [1.82, 2.24) is 9.88 Å². The number of nitrogens with zero attached hydrogens (tertiary/aromatic N) is 1. The predicted octanol–water partition coefficient (Wildman–Crippen LogP) is 3.63. The molecule has 3 aromatic rings. The van der Waals surface area contributed by atoms with Crippen molar-refractivity contribution >= 4 is 33.8 Å². The zero-order chi connectivity index (χ0) is 23.6. The summed E-state index contributed by atoms with van der Waals surface area (Å²) >= 11 is 0. The maximum absolute atomic E-state index is 13.0. The summed E-state index contributed by atoms with van der Waals surface area (Å²) in [4.78, 5) is 11.6. The number of carbonyl (C=O) groups is 1. The summed E-state index contributed by atoms with van der Waals surface area (Å²) in [6.45, 7) is 5.11. The highest BCUT2D eigenvalue weighted by Crippen LogP contribution is 2.32. The predicted molar refractivity (Wildman–Crippen MR) is 122 cm³/mol. The summed E-state index contributed by atoms with van der Waals surface area (Å²) in [5, 5.41) is 6.55. The van der Waals surface area contributed by atoms with Crippen LogP contribution in [0.25, 0.3) is 12.2 Å². The van der Waals surface area contributed by atoms with E-state index in [9.17, 15) is 13.2 Å². The van der Waals surface area contributed by atoms with Gasteiger partial charge < -0.3 is 19.3 Å². The molecule has 2 heterocycles. The molecule has 0 unspecified atom stereocenters. The first-order valence-corrected chi connectivity index (χ1v) is 11.6. The van der Waals surface area contributed by atoms with Gasteiger partial charge in [-0.15, -0.1) is 0 Å². The Bertz CT molecular complexity index is 1340. The standard InChI is InChI=1S/C23H23N3O6S/c1-14-4-5-17(6-9-20-23(25-16(3)27)15(2)26-32-20)11-22(14)33(28,29)24-12-18-7-8-19-21(10-18)31-13-30-19/h4-11,24H,12-13H2,1-3H3,(H,25,27)/b9-6-. The quantitative estimate of drug-likeness (QED) is 0.542. The van der Waals surface area contributed by atoms with E-state index in [0.29, 0.717) is 39.8 Å². The number of fused-ring (bicyclic) bond motifs is 1. The highest BCUT2D eigenvalue weighted by molar-refractivity contribution is 7.89. The lowest BCUT2D eigenvalue weighted by Crippen LogP contribution is -2.24. The van der Waals surface area contributed by atoms with E-state index in [0.717, 1.165) is 5.56 Å². The fourth-order valence-electron chi connectivity index (χ4n) is 3.32. The molecule has 1 aromatic heterocycles. The van der Waals surface area contributed by atoms with Crippen molar-refractivity contribution in [2.45, 2.75) is 32.2 Å². The van der Waals surface area contributed by atoms with Crippen LogP contribution in [0.3, 0.4) is 0 Å². The number of nitrogens with one attached hydrogen (secondary N) is 2. The number of hydrogen-bond acceptors (Lipinski definition) is 7. The number of rotatable bonds is 7. The van der Waals surface area contributed by atoms with Crippen LogP contribution < -0.4 is 19.5 Å². The zero-order valence-electron chi connectivity index (χ0n) is 18.3. The number of ether oxygens (including phenoxy) is 2. The molecule has 0 atom stereocenters. The second-order valence-corrected chi connectivity index (χ2v) is 9.29. The van der Waals surface area contributed by atoms with E-state index in [1.165, 1.54) is 6.92 Å². The van der Waals surface area contributed by atoms with E-state index in [-0.39, 0.29) is 24.1 Å². The Morgan fingerprint density at radius 3 is 2.67 bits per heavy atom. The number of anilines is 1. The Hall–Kier alpha value is -3.63. The number of sulfonamides is 1. The van der Waals surface area contributed by atoms with E-state index in [1.54, 1.807) is 62.4 Å². The van der Waals surface area contributed by atoms with Crippen molar-refractivity contribution in [2.75, 3.05) is 12.1 Å². The van der Waals surface area contributed by atoms with E-state index >= 15 is 0 Å². The van der Waals surface area contributed by atoms with Gasteiger partial charge in [-0.1, -0.05) is 29.4 Å². The highest BCUT2D eigenvalue weighted by Gasteiger charge is 2.19. The first-order chi connectivity index (χ1) is 15.7. The summed E-state index contributed by atoms with van der Waals surface area (Å²) in [6, 6.07) is 10.4. The third kappa shape index (κ3) is 5.07. The van der Waals surface area contributed by atoms with Crippen LogP contribution in [0.2, 0.25) is 0 Å². The molecule has 172 valence electrons. The maximum Gasteiger partial charge on any atom is 0.241 e. The Labute approximate surface area is 191 Å². The first-order valence-electron chi connectivity index (χ1n) is 10.1. The number of amides is 1. The molecule has 0 aliphatic carbocycles. The van der Waals surface area contributed by atoms with Crippen LogP contribution >= 0.6 is 0 Å². The molecule has 0 spiro atoms. The topological polar surface area (TPSA) is 120 Å². The van der Waals surface area contributed by atoms with Gasteiger partial charge >= 0.3 is 0 Å². The van der Waals surface area contributed by atoms with Gasteiger partial charge in [0.05, 0.1) is 4.90 Å². The van der Waals surface area contributed by atoms with Crippen molar-refractivity contribution in [3.8, 4) is 11.5 Å². The molecule has 1 aliphatic rings. The van der Waals surface area contributed by atoms with Gasteiger partial charge in [0.1, 0.15) is 11.4 Å². The molecule has 9 nitrogen and oxygen atoms in total. The molecule has 0 radical (unpaired) electrons. The molecule has 2 aromatic carbocycles. The van der Waals surface area contributed by atoms with Crippen molar-refractivity contribution in [2.24, 2.45) is 0 Å². The van der Waals surface area contributed by atoms with Crippen molar-refractivity contribution < 1.29 is 27.2 Å². The Morgan fingerprint density at radius 2 is 1.88 bits per heavy atom. The van der Waals surface area contributed by atoms with Gasteiger partial charge in [0.15, 0.2) is 17.3 Å². The Morgan fingerprint density at radius 1 is 1.09 bits per heavy atom. The molecule has 33 heavy (non-hydrogen) atoms. The van der Waals surface area contributed by atoms with Crippen LogP contribution in [0, 0.1) is 13.8 Å². The van der Waals surface area contributed by atoms with Crippen molar-refractivity contribution in [3.63, 3.8) is 0 Å². The number of hydrogen-bond donors (Lipinski definition) is 2. The fourth-order valence-corrected chi connectivity index (χ4v) is 4.61. The monoisotopic (exact) mass is 469 g/mol. The summed E-state index contributed by atoms with van der Waals surface area (Å²) in [5.74, 6) is 1.36. The van der Waals surface area contributed by atoms with Gasteiger partial charge in [-0.25, -0.2) is 13.1 Å². The average Bonchev–Trinajstić information content (AvgIpc) is 3.38. The number of benzene rings is 2. The van der Waals surface area contributed by atoms with Gasteiger partial charge in [0.2, 0.25) is 22.7 Å². The lowest BCUT2D eigenvalue weighted by molar-refractivity contribution is -0.114. The molecule has 0 bridgehead atoms. The van der Waals surface area contributed by atoms with Gasteiger partial charge in [0, 0.05) is 13.5 Å². The molecule has 4 rings (SSSR count).